The van der Waals surface area contributed by atoms with Gasteiger partial charge in [0, 0.05) is 0 Å². The Hall–Kier alpha value is -3.43. The van der Waals surface area contributed by atoms with Crippen LogP contribution in [0.3, 0.4) is 0 Å². The molecular weight excluding hydrogens is 330 g/mol. The molecule has 25 heavy (non-hydrogen) atoms. The van der Waals surface area contributed by atoms with Gasteiger partial charge >= 0.3 is 5.97 Å². The summed E-state index contributed by atoms with van der Waals surface area (Å²) in [7, 11) is 2.62. The third kappa shape index (κ3) is 2.67. The Morgan fingerprint density at radius 1 is 1.32 bits per heavy atom. The first kappa shape index (κ1) is 16.4. The molecule has 1 aromatic heterocycles. The molecule has 1 aliphatic heterocycles. The van der Waals surface area contributed by atoms with Crippen LogP contribution in [0, 0.1) is 0 Å². The van der Waals surface area contributed by atoms with Crippen molar-refractivity contribution in [2.75, 3.05) is 19.5 Å². The molecule has 0 fully saturated rings. The average Bonchev–Trinajstić information content (AvgIpc) is 3.08. The second kappa shape index (κ2) is 6.23. The first-order chi connectivity index (χ1) is 12.0. The van der Waals surface area contributed by atoms with Crippen LogP contribution in [0.5, 0.6) is 11.5 Å². The first-order valence-electron chi connectivity index (χ1n) is 7.23. The number of aromatic hydroxyl groups is 1. The molecular formula is C15H15N5O5. The Labute approximate surface area is 142 Å². The highest BCUT2D eigenvalue weighted by atomic mass is 16.5. The molecule has 1 aromatic carbocycles. The lowest BCUT2D eigenvalue weighted by Gasteiger charge is -2.27. The van der Waals surface area contributed by atoms with E-state index in [1.165, 1.54) is 31.9 Å². The summed E-state index contributed by atoms with van der Waals surface area (Å²) in [5.41, 5.74) is 0.657. The number of nitrogens with one attached hydrogen (secondary N) is 1. The fraction of sp³-hybridized carbons (Fsp3) is 0.267. The van der Waals surface area contributed by atoms with Crippen molar-refractivity contribution < 1.29 is 24.2 Å². The topological polar surface area (TPSA) is 128 Å². The van der Waals surface area contributed by atoms with Crippen LogP contribution < -0.4 is 10.1 Å². The molecule has 0 saturated heterocycles. The summed E-state index contributed by atoms with van der Waals surface area (Å²) in [5.74, 6) is -0.726. The van der Waals surface area contributed by atoms with Crippen molar-refractivity contribution in [1.29, 1.82) is 0 Å². The standard InChI is InChI=1S/C15H15N5O5/c1-7(21)11-12(14(23)25-3)16-15-17-18-19-20(15)13(11)8-4-5-9(22)10(6-8)24-2/h4-6,13,22H,1-3H3,(H,16,17,19)/t13-/m0/s1. The molecule has 0 radical (unpaired) electrons. The van der Waals surface area contributed by atoms with Crippen molar-refractivity contribution in [3.8, 4) is 11.5 Å². The SMILES string of the molecule is COC(=O)C1=C(C(C)=O)[C@H](c2ccc(O)c(OC)c2)n2nnnc2N1. The van der Waals surface area contributed by atoms with Gasteiger partial charge in [-0.1, -0.05) is 11.2 Å². The Balaban J connectivity index is 2.25. The van der Waals surface area contributed by atoms with E-state index in [1.54, 1.807) is 12.1 Å². The van der Waals surface area contributed by atoms with Crippen LogP contribution in [0.15, 0.2) is 29.5 Å². The summed E-state index contributed by atoms with van der Waals surface area (Å²) in [4.78, 5) is 24.4. The van der Waals surface area contributed by atoms with Gasteiger partial charge in [0.25, 0.3) is 0 Å². The highest BCUT2D eigenvalue weighted by molar-refractivity contribution is 6.06. The molecule has 2 aromatic rings. The van der Waals surface area contributed by atoms with Crippen molar-refractivity contribution in [2.45, 2.75) is 13.0 Å². The van der Waals surface area contributed by atoms with E-state index in [2.05, 4.69) is 20.8 Å². The van der Waals surface area contributed by atoms with E-state index in [0.717, 1.165) is 0 Å². The zero-order valence-electron chi connectivity index (χ0n) is 13.7. The predicted molar refractivity (Wildman–Crippen MR) is 84.0 cm³/mol. The van der Waals surface area contributed by atoms with Crippen LogP contribution in [0.2, 0.25) is 0 Å². The van der Waals surface area contributed by atoms with Crippen LogP contribution in [-0.2, 0) is 14.3 Å². The fourth-order valence-electron chi connectivity index (χ4n) is 2.69. The number of carbonyl (C=O) groups excluding carboxylic acids is 2. The van der Waals surface area contributed by atoms with E-state index in [1.807, 2.05) is 0 Å². The third-order valence-electron chi connectivity index (χ3n) is 3.81. The predicted octanol–water partition coefficient (Wildman–Crippen LogP) is 0.418. The second-order valence-corrected chi connectivity index (χ2v) is 5.24. The van der Waals surface area contributed by atoms with Gasteiger partial charge in [0.05, 0.1) is 19.8 Å². The van der Waals surface area contributed by atoms with Gasteiger partial charge in [0.1, 0.15) is 11.7 Å². The molecule has 130 valence electrons. The number of Topliss-reactive ketones (excluding diaryl/α,β-unsaturated/α-hetero) is 1. The summed E-state index contributed by atoms with van der Waals surface area (Å²) < 4.78 is 11.2. The number of anilines is 1. The summed E-state index contributed by atoms with van der Waals surface area (Å²) in [5, 5.41) is 23.8. The molecule has 2 N–H and O–H groups in total. The quantitative estimate of drug-likeness (QED) is 0.757. The number of allylic oxidation sites excluding steroid dienone is 1. The Bertz CT molecular complexity index is 888. The minimum atomic E-state index is -0.785. The number of nitrogens with zero attached hydrogens (tertiary/aromatic N) is 4. The average molecular weight is 345 g/mol. The van der Waals surface area contributed by atoms with Gasteiger partial charge in [0.2, 0.25) is 5.95 Å². The number of phenolic OH excluding ortho intramolecular Hbond substituents is 1. The molecule has 0 aliphatic carbocycles. The van der Waals surface area contributed by atoms with Gasteiger partial charge in [-0.2, -0.15) is 4.68 Å². The van der Waals surface area contributed by atoms with E-state index in [9.17, 15) is 14.7 Å². The van der Waals surface area contributed by atoms with Gasteiger partial charge in [-0.15, -0.1) is 0 Å². The maximum atomic E-state index is 12.3. The van der Waals surface area contributed by atoms with E-state index < -0.39 is 12.0 Å². The Morgan fingerprint density at radius 2 is 2.08 bits per heavy atom. The largest absolute Gasteiger partial charge is 0.504 e. The number of ether oxygens (including phenoxy) is 2. The number of ketones is 1. The van der Waals surface area contributed by atoms with Gasteiger partial charge in [-0.3, -0.25) is 4.79 Å². The number of rotatable bonds is 4. The highest BCUT2D eigenvalue weighted by Gasteiger charge is 2.37. The van der Waals surface area contributed by atoms with Crippen molar-refractivity contribution in [3.63, 3.8) is 0 Å². The lowest BCUT2D eigenvalue weighted by atomic mass is 9.92. The summed E-state index contributed by atoms with van der Waals surface area (Å²) in [6.45, 7) is 1.33. The van der Waals surface area contributed by atoms with Gasteiger partial charge in [-0.25, -0.2) is 4.79 Å². The van der Waals surface area contributed by atoms with Crippen LogP contribution >= 0.6 is 0 Å². The van der Waals surface area contributed by atoms with E-state index >= 15 is 0 Å². The number of esters is 1. The lowest BCUT2D eigenvalue weighted by Crippen LogP contribution is -2.32. The Kier molecular flexibility index (Phi) is 4.09. The minimum absolute atomic E-state index is 0.0330. The molecule has 3 rings (SSSR count). The summed E-state index contributed by atoms with van der Waals surface area (Å²) in [6, 6.07) is 3.79. The zero-order valence-corrected chi connectivity index (χ0v) is 13.7. The zero-order chi connectivity index (χ0) is 18.1. The van der Waals surface area contributed by atoms with Crippen molar-refractivity contribution >= 4 is 17.7 Å². The molecule has 0 spiro atoms. The third-order valence-corrected chi connectivity index (χ3v) is 3.81. The second-order valence-electron chi connectivity index (χ2n) is 5.24. The number of hydrogen-bond donors (Lipinski definition) is 2. The van der Waals surface area contributed by atoms with E-state index in [0.29, 0.717) is 5.56 Å². The maximum Gasteiger partial charge on any atom is 0.355 e. The van der Waals surface area contributed by atoms with Crippen molar-refractivity contribution in [2.24, 2.45) is 0 Å². The molecule has 2 heterocycles. The van der Waals surface area contributed by atoms with Crippen LogP contribution in [0.1, 0.15) is 18.5 Å². The number of hydrogen-bond acceptors (Lipinski definition) is 9. The number of tetrazole rings is 1. The minimum Gasteiger partial charge on any atom is -0.504 e. The van der Waals surface area contributed by atoms with Gasteiger partial charge in [0.15, 0.2) is 17.3 Å². The van der Waals surface area contributed by atoms with Crippen LogP contribution in [0.4, 0.5) is 5.95 Å². The molecule has 1 atom stereocenters. The molecule has 0 unspecified atom stereocenters. The Morgan fingerprint density at radius 3 is 2.72 bits per heavy atom. The van der Waals surface area contributed by atoms with Crippen LogP contribution in [0.25, 0.3) is 0 Å². The smallest absolute Gasteiger partial charge is 0.355 e. The van der Waals surface area contributed by atoms with Crippen molar-refractivity contribution in [1.82, 2.24) is 20.2 Å². The molecule has 0 saturated carbocycles. The summed E-state index contributed by atoms with van der Waals surface area (Å²) >= 11 is 0. The van der Waals surface area contributed by atoms with Gasteiger partial charge < -0.3 is 19.9 Å². The highest BCUT2D eigenvalue weighted by Crippen LogP contribution is 2.38. The van der Waals surface area contributed by atoms with E-state index in [4.69, 9.17) is 9.47 Å². The maximum absolute atomic E-state index is 12.3. The number of methoxy groups -OCH3 is 2. The van der Waals surface area contributed by atoms with Gasteiger partial charge in [-0.05, 0) is 35.0 Å². The number of aromatic nitrogens is 4. The molecule has 10 nitrogen and oxygen atoms in total. The lowest BCUT2D eigenvalue weighted by molar-refractivity contribution is -0.136. The molecule has 0 amide bonds. The normalized spacial score (nSPS) is 16.0. The molecule has 10 heteroatoms. The number of benzene rings is 1. The number of fused-ring (bicyclic) bond motifs is 1. The number of carbonyl (C=O) groups is 2. The molecule has 1 aliphatic rings. The van der Waals surface area contributed by atoms with E-state index in [-0.39, 0.29) is 34.5 Å². The molecule has 0 bridgehead atoms. The monoisotopic (exact) mass is 345 g/mol. The van der Waals surface area contributed by atoms with Crippen LogP contribution in [-0.4, -0.2) is 51.3 Å². The number of phenols is 1. The first-order valence-corrected chi connectivity index (χ1v) is 7.23. The fourth-order valence-corrected chi connectivity index (χ4v) is 2.69. The van der Waals surface area contributed by atoms with Crippen molar-refractivity contribution in [3.05, 3.63) is 35.0 Å². The summed E-state index contributed by atoms with van der Waals surface area (Å²) in [6.07, 6.45) is 0.